The fraction of sp³-hybridized carbons (Fsp3) is 0.529. The molecule has 0 aromatic heterocycles. The number of hydrogen-bond acceptors (Lipinski definition) is 2. The van der Waals surface area contributed by atoms with Crippen molar-refractivity contribution >= 4 is 0 Å². The lowest BCUT2D eigenvalue weighted by molar-refractivity contribution is -0.0820. The Balaban J connectivity index is 1.69. The average Bonchev–Trinajstić information content (AvgIpc) is 2.90. The summed E-state index contributed by atoms with van der Waals surface area (Å²) in [6.45, 7) is 7.23. The Bertz CT molecular complexity index is 479. The van der Waals surface area contributed by atoms with Crippen LogP contribution in [0.4, 0.5) is 0 Å². The second-order valence-corrected chi connectivity index (χ2v) is 6.22. The molecule has 1 aromatic rings. The van der Waals surface area contributed by atoms with Crippen molar-refractivity contribution in [3.63, 3.8) is 0 Å². The highest BCUT2D eigenvalue weighted by atomic mass is 16.6. The third kappa shape index (κ3) is 2.13. The van der Waals surface area contributed by atoms with E-state index in [1.165, 1.54) is 5.56 Å². The molecular weight excluding hydrogens is 236 g/mol. The first-order valence-electron chi connectivity index (χ1n) is 7.10. The molecule has 0 radical (unpaired) electrons. The molecular formula is C17H22O2. The smallest absolute Gasteiger partial charge is 0.111 e. The molecule has 2 bridgehead atoms. The van der Waals surface area contributed by atoms with E-state index in [-0.39, 0.29) is 17.3 Å². The molecule has 2 heterocycles. The summed E-state index contributed by atoms with van der Waals surface area (Å²) in [6.07, 6.45) is 5.54. The normalized spacial score (nSPS) is 36.3. The summed E-state index contributed by atoms with van der Waals surface area (Å²) in [4.78, 5) is 0. The van der Waals surface area contributed by atoms with Crippen LogP contribution in [-0.2, 0) is 16.1 Å². The van der Waals surface area contributed by atoms with Crippen LogP contribution in [0.25, 0.3) is 0 Å². The predicted molar refractivity (Wildman–Crippen MR) is 75.8 cm³/mol. The minimum absolute atomic E-state index is 0.115. The minimum Gasteiger partial charge on any atom is -0.370 e. The van der Waals surface area contributed by atoms with Gasteiger partial charge in [-0.05, 0) is 18.4 Å². The van der Waals surface area contributed by atoms with Crippen molar-refractivity contribution in [2.45, 2.75) is 51.1 Å². The molecule has 0 unspecified atom stereocenters. The third-order valence-corrected chi connectivity index (χ3v) is 4.52. The Hall–Kier alpha value is -1.12. The molecule has 0 N–H and O–H groups in total. The summed E-state index contributed by atoms with van der Waals surface area (Å²) < 4.78 is 12.4. The first-order chi connectivity index (χ1) is 9.04. The van der Waals surface area contributed by atoms with Crippen LogP contribution in [0.1, 0.15) is 32.8 Å². The van der Waals surface area contributed by atoms with Crippen molar-refractivity contribution in [2.24, 2.45) is 5.92 Å². The number of fused-ring (bicyclic) bond motifs is 2. The predicted octanol–water partition coefficient (Wildman–Crippen LogP) is 3.72. The maximum atomic E-state index is 6.27. The molecule has 3 atom stereocenters. The van der Waals surface area contributed by atoms with E-state index in [1.807, 2.05) is 18.2 Å². The summed E-state index contributed by atoms with van der Waals surface area (Å²) in [5.41, 5.74) is 0.853. The summed E-state index contributed by atoms with van der Waals surface area (Å²) in [6, 6.07) is 10.3. The third-order valence-electron chi connectivity index (χ3n) is 4.52. The van der Waals surface area contributed by atoms with Gasteiger partial charge in [-0.15, -0.1) is 0 Å². The van der Waals surface area contributed by atoms with Gasteiger partial charge in [-0.1, -0.05) is 56.3 Å². The molecule has 2 aliphatic heterocycles. The summed E-state index contributed by atoms with van der Waals surface area (Å²) in [5.74, 6) is 0.482. The number of hydrogen-bond donors (Lipinski definition) is 0. The average molecular weight is 258 g/mol. The van der Waals surface area contributed by atoms with Crippen molar-refractivity contribution in [3.8, 4) is 0 Å². The van der Waals surface area contributed by atoms with Crippen LogP contribution in [0, 0.1) is 5.92 Å². The topological polar surface area (TPSA) is 18.5 Å². The van der Waals surface area contributed by atoms with Crippen LogP contribution in [-0.4, -0.2) is 17.3 Å². The molecule has 0 spiro atoms. The van der Waals surface area contributed by atoms with E-state index in [9.17, 15) is 0 Å². The lowest BCUT2D eigenvalue weighted by Gasteiger charge is -2.27. The summed E-state index contributed by atoms with van der Waals surface area (Å²) >= 11 is 0. The maximum absolute atomic E-state index is 6.27. The summed E-state index contributed by atoms with van der Waals surface area (Å²) in [5, 5.41) is 0. The standard InChI is InChI=1S/C17H22O2/c1-13(2)17-10-9-16(3,19-17)15(11-17)18-12-14-7-5-4-6-8-14/h4-10,13,15H,11-12H2,1-3H3/t15-,16+,17-/m0/s1. The van der Waals surface area contributed by atoms with E-state index in [1.54, 1.807) is 0 Å². The zero-order valence-electron chi connectivity index (χ0n) is 11.9. The van der Waals surface area contributed by atoms with E-state index in [0.717, 1.165) is 6.42 Å². The van der Waals surface area contributed by atoms with Crippen LogP contribution in [0.2, 0.25) is 0 Å². The monoisotopic (exact) mass is 258 g/mol. The van der Waals surface area contributed by atoms with E-state index in [0.29, 0.717) is 12.5 Å². The summed E-state index contributed by atoms with van der Waals surface area (Å²) in [7, 11) is 0. The highest BCUT2D eigenvalue weighted by Gasteiger charge is 2.57. The van der Waals surface area contributed by atoms with Crippen LogP contribution in [0.5, 0.6) is 0 Å². The highest BCUT2D eigenvalue weighted by Crippen LogP contribution is 2.50. The Morgan fingerprint density at radius 1 is 1.26 bits per heavy atom. The van der Waals surface area contributed by atoms with Gasteiger partial charge < -0.3 is 9.47 Å². The van der Waals surface area contributed by atoms with Gasteiger partial charge in [0.2, 0.25) is 0 Å². The second kappa shape index (κ2) is 4.46. The lowest BCUT2D eigenvalue weighted by Crippen LogP contribution is -2.35. The minimum atomic E-state index is -0.251. The molecule has 0 amide bonds. The first kappa shape index (κ1) is 12.9. The van der Waals surface area contributed by atoms with Gasteiger partial charge >= 0.3 is 0 Å². The Morgan fingerprint density at radius 2 is 2.00 bits per heavy atom. The molecule has 3 rings (SSSR count). The maximum Gasteiger partial charge on any atom is 0.111 e. The largest absolute Gasteiger partial charge is 0.370 e. The number of ether oxygens (including phenoxy) is 2. The van der Waals surface area contributed by atoms with E-state index < -0.39 is 0 Å². The molecule has 2 nitrogen and oxygen atoms in total. The Kier molecular flexibility index (Phi) is 3.03. The molecule has 102 valence electrons. The van der Waals surface area contributed by atoms with Crippen LogP contribution in [0.15, 0.2) is 42.5 Å². The quantitative estimate of drug-likeness (QED) is 0.766. The van der Waals surface area contributed by atoms with Crippen molar-refractivity contribution < 1.29 is 9.47 Å². The molecule has 1 aromatic carbocycles. The zero-order chi connectivity index (χ0) is 13.5. The van der Waals surface area contributed by atoms with Crippen LogP contribution >= 0.6 is 0 Å². The van der Waals surface area contributed by atoms with Gasteiger partial charge in [0.15, 0.2) is 0 Å². The van der Waals surface area contributed by atoms with Crippen molar-refractivity contribution in [2.75, 3.05) is 0 Å². The van der Waals surface area contributed by atoms with Crippen LogP contribution < -0.4 is 0 Å². The van der Waals surface area contributed by atoms with Crippen LogP contribution in [0.3, 0.4) is 0 Å². The fourth-order valence-corrected chi connectivity index (χ4v) is 3.10. The van der Waals surface area contributed by atoms with Gasteiger partial charge in [0.1, 0.15) is 5.60 Å². The lowest BCUT2D eigenvalue weighted by atomic mass is 9.81. The highest BCUT2D eigenvalue weighted by molar-refractivity contribution is 5.27. The van der Waals surface area contributed by atoms with E-state index >= 15 is 0 Å². The van der Waals surface area contributed by atoms with Gasteiger partial charge in [0.05, 0.1) is 18.3 Å². The Morgan fingerprint density at radius 3 is 2.63 bits per heavy atom. The van der Waals surface area contributed by atoms with Gasteiger partial charge in [0, 0.05) is 6.42 Å². The fourth-order valence-electron chi connectivity index (χ4n) is 3.10. The van der Waals surface area contributed by atoms with Gasteiger partial charge in [-0.2, -0.15) is 0 Å². The van der Waals surface area contributed by atoms with Crippen molar-refractivity contribution in [1.82, 2.24) is 0 Å². The molecule has 19 heavy (non-hydrogen) atoms. The number of rotatable bonds is 4. The second-order valence-electron chi connectivity index (χ2n) is 6.22. The van der Waals surface area contributed by atoms with Gasteiger partial charge in [-0.25, -0.2) is 0 Å². The molecule has 2 heteroatoms. The molecule has 2 aliphatic rings. The van der Waals surface area contributed by atoms with E-state index in [4.69, 9.17) is 9.47 Å². The molecule has 1 saturated heterocycles. The first-order valence-corrected chi connectivity index (χ1v) is 7.10. The molecule has 1 fully saturated rings. The zero-order valence-corrected chi connectivity index (χ0v) is 11.9. The van der Waals surface area contributed by atoms with Crippen molar-refractivity contribution in [3.05, 3.63) is 48.0 Å². The number of benzene rings is 1. The molecule has 0 saturated carbocycles. The van der Waals surface area contributed by atoms with Gasteiger partial charge in [0.25, 0.3) is 0 Å². The SMILES string of the molecule is CC(C)[C@@]12C=C[C@@](C)(O1)[C@@H](OCc1ccccc1)C2. The van der Waals surface area contributed by atoms with E-state index in [2.05, 4.69) is 45.1 Å². The molecule has 0 aliphatic carbocycles. The Labute approximate surface area is 115 Å². The van der Waals surface area contributed by atoms with Gasteiger partial charge in [-0.3, -0.25) is 0 Å². The van der Waals surface area contributed by atoms with Crippen molar-refractivity contribution in [1.29, 1.82) is 0 Å².